The molecular weight excluding hydrogens is 350 g/mol. The number of hydrogen-bond donors (Lipinski definition) is 1. The molecule has 2 heterocycles. The molecule has 0 saturated carbocycles. The van der Waals surface area contributed by atoms with Gasteiger partial charge in [-0.25, -0.2) is 4.98 Å². The summed E-state index contributed by atoms with van der Waals surface area (Å²) in [4.78, 5) is 33.2. The Labute approximate surface area is 164 Å². The second-order valence-electron chi connectivity index (χ2n) is 6.69. The van der Waals surface area contributed by atoms with Gasteiger partial charge in [-0.3, -0.25) is 9.59 Å². The first-order valence-corrected chi connectivity index (χ1v) is 9.38. The van der Waals surface area contributed by atoms with E-state index in [9.17, 15) is 9.59 Å². The summed E-state index contributed by atoms with van der Waals surface area (Å²) in [5.74, 6) is 5.47. The van der Waals surface area contributed by atoms with Crippen LogP contribution in [0.15, 0.2) is 54.9 Å². The second-order valence-corrected chi connectivity index (χ2v) is 6.69. The molecule has 0 atom stereocenters. The minimum absolute atomic E-state index is 0.205. The summed E-state index contributed by atoms with van der Waals surface area (Å²) in [6, 6.07) is 13.4. The fourth-order valence-corrected chi connectivity index (χ4v) is 2.99. The summed E-state index contributed by atoms with van der Waals surface area (Å²) in [5.41, 5.74) is 2.79. The zero-order valence-corrected chi connectivity index (χ0v) is 15.9. The predicted molar refractivity (Wildman–Crippen MR) is 110 cm³/mol. The lowest BCUT2D eigenvalue weighted by Gasteiger charge is -2.13. The quantitative estimate of drug-likeness (QED) is 0.646. The van der Waals surface area contributed by atoms with Crippen molar-refractivity contribution in [2.45, 2.75) is 25.7 Å². The third-order valence-corrected chi connectivity index (χ3v) is 4.61. The fourth-order valence-electron chi connectivity index (χ4n) is 2.99. The smallest absolute Gasteiger partial charge is 0.298 e. The molecule has 0 aliphatic carbocycles. The molecule has 0 spiro atoms. The fraction of sp³-hybridized carbons (Fsp3) is 0.261. The topological polar surface area (TPSA) is 66.1 Å². The Bertz CT molecular complexity index is 1010. The number of nitrogens with one attached hydrogen (secondary N) is 1. The number of hydrogen-bond acceptors (Lipinski definition) is 3. The maximum Gasteiger partial charge on any atom is 0.298 e. The molecule has 1 N–H and O–H groups in total. The number of pyridine rings is 1. The first kappa shape index (κ1) is 19.4. The number of Topliss-reactive ketones (excluding diaryl/α,β-unsaturated/α-hetero) is 1. The molecule has 142 valence electrons. The van der Waals surface area contributed by atoms with Crippen molar-refractivity contribution in [3.63, 3.8) is 0 Å². The number of carbonyl (C=O) groups is 2. The van der Waals surface area contributed by atoms with E-state index in [1.807, 2.05) is 48.7 Å². The molecule has 5 heteroatoms. The molecule has 0 aliphatic heterocycles. The second kappa shape index (κ2) is 9.52. The molecule has 3 rings (SSSR count). The van der Waals surface area contributed by atoms with Gasteiger partial charge in [-0.15, -0.1) is 0 Å². The summed E-state index contributed by atoms with van der Waals surface area (Å²) < 4.78 is 0. The molecule has 0 bridgehead atoms. The SMILES string of the molecule is CN(CCCC(=O)CCc1ccnc2[nH]ccc12)C(=O)C#Cc1ccccc1. The van der Waals surface area contributed by atoms with Gasteiger partial charge in [0.05, 0.1) is 0 Å². The van der Waals surface area contributed by atoms with Gasteiger partial charge >= 0.3 is 0 Å². The van der Waals surface area contributed by atoms with E-state index in [0.717, 1.165) is 22.2 Å². The molecule has 0 radical (unpaired) electrons. The van der Waals surface area contributed by atoms with Crippen molar-refractivity contribution in [1.29, 1.82) is 0 Å². The van der Waals surface area contributed by atoms with E-state index in [-0.39, 0.29) is 11.7 Å². The number of aromatic nitrogens is 2. The lowest BCUT2D eigenvalue weighted by molar-refractivity contribution is -0.124. The van der Waals surface area contributed by atoms with Gasteiger partial charge in [0, 0.05) is 55.7 Å². The molecule has 0 saturated heterocycles. The number of carbonyl (C=O) groups excluding carboxylic acids is 2. The van der Waals surface area contributed by atoms with Gasteiger partial charge < -0.3 is 9.88 Å². The normalized spacial score (nSPS) is 10.3. The van der Waals surface area contributed by atoms with Crippen LogP contribution in [0.1, 0.15) is 30.4 Å². The highest BCUT2D eigenvalue weighted by molar-refractivity contribution is 5.94. The number of fused-ring (bicyclic) bond motifs is 1. The first-order chi connectivity index (χ1) is 13.6. The number of nitrogens with zero attached hydrogens (tertiary/aromatic N) is 2. The van der Waals surface area contributed by atoms with Gasteiger partial charge in [0.1, 0.15) is 11.4 Å². The summed E-state index contributed by atoms with van der Waals surface area (Å²) in [6.07, 6.45) is 5.92. The van der Waals surface area contributed by atoms with Crippen molar-refractivity contribution < 1.29 is 9.59 Å². The minimum atomic E-state index is -0.233. The van der Waals surface area contributed by atoms with E-state index in [1.165, 1.54) is 0 Å². The lowest BCUT2D eigenvalue weighted by Crippen LogP contribution is -2.26. The zero-order chi connectivity index (χ0) is 19.8. The summed E-state index contributed by atoms with van der Waals surface area (Å²) >= 11 is 0. The third-order valence-electron chi connectivity index (χ3n) is 4.61. The van der Waals surface area contributed by atoms with Crippen molar-refractivity contribution >= 4 is 22.7 Å². The molecule has 3 aromatic rings. The van der Waals surface area contributed by atoms with Crippen LogP contribution in [0.3, 0.4) is 0 Å². The largest absolute Gasteiger partial charge is 0.346 e. The van der Waals surface area contributed by atoms with Crippen molar-refractivity contribution in [2.75, 3.05) is 13.6 Å². The van der Waals surface area contributed by atoms with Crippen LogP contribution in [0.25, 0.3) is 11.0 Å². The Kier molecular flexibility index (Phi) is 6.59. The molecule has 28 heavy (non-hydrogen) atoms. The third kappa shape index (κ3) is 5.31. The predicted octanol–water partition coefficient (Wildman–Crippen LogP) is 3.35. The van der Waals surface area contributed by atoms with Gasteiger partial charge in [-0.05, 0) is 42.7 Å². The molecular formula is C23H23N3O2. The van der Waals surface area contributed by atoms with E-state index in [2.05, 4.69) is 21.8 Å². The van der Waals surface area contributed by atoms with Crippen LogP contribution in [-0.4, -0.2) is 40.2 Å². The maximum atomic E-state index is 12.2. The van der Waals surface area contributed by atoms with Crippen LogP contribution in [0.5, 0.6) is 0 Å². The standard InChI is InChI=1S/C23H23N3O2/c1-26(22(28)12-9-18-6-3-2-4-7-18)17-5-8-20(27)11-10-19-13-15-24-23-21(19)14-16-25-23/h2-4,6-7,13-16H,5,8,10-11,17H2,1H3,(H,24,25). The van der Waals surface area contributed by atoms with Crippen LogP contribution < -0.4 is 0 Å². The van der Waals surface area contributed by atoms with E-state index >= 15 is 0 Å². The summed E-state index contributed by atoms with van der Waals surface area (Å²) in [6.45, 7) is 0.519. The van der Waals surface area contributed by atoms with Gasteiger partial charge in [0.25, 0.3) is 5.91 Å². The van der Waals surface area contributed by atoms with Crippen LogP contribution in [0.4, 0.5) is 0 Å². The van der Waals surface area contributed by atoms with Crippen LogP contribution in [0.2, 0.25) is 0 Å². The van der Waals surface area contributed by atoms with E-state index in [4.69, 9.17) is 0 Å². The van der Waals surface area contributed by atoms with Crippen molar-refractivity contribution in [2.24, 2.45) is 0 Å². The number of benzene rings is 1. The molecule has 2 aromatic heterocycles. The summed E-state index contributed by atoms with van der Waals surface area (Å²) in [5, 5.41) is 1.07. The Balaban J connectivity index is 1.40. The van der Waals surface area contributed by atoms with Crippen LogP contribution >= 0.6 is 0 Å². The number of ketones is 1. The number of amides is 1. The molecule has 0 unspecified atom stereocenters. The van der Waals surface area contributed by atoms with Crippen molar-refractivity contribution in [3.8, 4) is 11.8 Å². The van der Waals surface area contributed by atoms with E-state index in [1.54, 1.807) is 18.1 Å². The lowest BCUT2D eigenvalue weighted by atomic mass is 10.0. The average molecular weight is 373 g/mol. The van der Waals surface area contributed by atoms with Gasteiger partial charge in [0.15, 0.2) is 0 Å². The Hall–Kier alpha value is -3.39. The Morgan fingerprint density at radius 3 is 2.75 bits per heavy atom. The van der Waals surface area contributed by atoms with Crippen LogP contribution in [0, 0.1) is 11.8 Å². The monoisotopic (exact) mass is 373 g/mol. The minimum Gasteiger partial charge on any atom is -0.346 e. The highest BCUT2D eigenvalue weighted by Crippen LogP contribution is 2.17. The highest BCUT2D eigenvalue weighted by atomic mass is 16.2. The number of aromatic amines is 1. The van der Waals surface area contributed by atoms with Crippen molar-refractivity contribution in [1.82, 2.24) is 14.9 Å². The first-order valence-electron chi connectivity index (χ1n) is 9.38. The molecule has 1 aromatic carbocycles. The molecule has 0 aliphatic rings. The molecule has 5 nitrogen and oxygen atoms in total. The highest BCUT2D eigenvalue weighted by Gasteiger charge is 2.09. The van der Waals surface area contributed by atoms with Gasteiger partial charge in [-0.2, -0.15) is 0 Å². The molecule has 1 amide bonds. The van der Waals surface area contributed by atoms with Crippen molar-refractivity contribution in [3.05, 3.63) is 66.0 Å². The number of aryl methyl sites for hydroxylation is 1. The van der Waals surface area contributed by atoms with Gasteiger partial charge in [-0.1, -0.05) is 24.1 Å². The maximum absolute atomic E-state index is 12.2. The summed E-state index contributed by atoms with van der Waals surface area (Å²) in [7, 11) is 1.71. The Morgan fingerprint density at radius 2 is 1.93 bits per heavy atom. The number of H-pyrrole nitrogens is 1. The van der Waals surface area contributed by atoms with E-state index in [0.29, 0.717) is 32.2 Å². The zero-order valence-electron chi connectivity index (χ0n) is 15.9. The Morgan fingerprint density at radius 1 is 1.11 bits per heavy atom. The molecule has 0 fully saturated rings. The number of rotatable bonds is 7. The van der Waals surface area contributed by atoms with E-state index < -0.39 is 0 Å². The van der Waals surface area contributed by atoms with Crippen LogP contribution in [-0.2, 0) is 16.0 Å². The van der Waals surface area contributed by atoms with Gasteiger partial charge in [0.2, 0.25) is 0 Å². The average Bonchev–Trinajstić information content (AvgIpc) is 3.20.